The highest BCUT2D eigenvalue weighted by atomic mass is 35.5. The number of piperazine rings is 1. The molecule has 0 aliphatic carbocycles. The molecule has 6 heteroatoms. The number of benzene rings is 2. The fourth-order valence-electron chi connectivity index (χ4n) is 3.88. The molecule has 2 aromatic carbocycles. The third kappa shape index (κ3) is 4.83. The highest BCUT2D eigenvalue weighted by Crippen LogP contribution is 2.24. The van der Waals surface area contributed by atoms with E-state index >= 15 is 0 Å². The lowest BCUT2D eigenvalue weighted by Gasteiger charge is -2.37. The Bertz CT molecular complexity index is 836. The lowest BCUT2D eigenvalue weighted by molar-refractivity contribution is -0.915. The van der Waals surface area contributed by atoms with Crippen LogP contribution in [0.3, 0.4) is 0 Å². The number of hydrogen-bond donors (Lipinski definition) is 1. The number of amides is 1. The number of carbonyl (C=O) groups is 1. The summed E-state index contributed by atoms with van der Waals surface area (Å²) in [5.74, 6) is -0.184. The molecule has 150 valence electrons. The van der Waals surface area contributed by atoms with Crippen LogP contribution in [0, 0.1) is 12.7 Å². The van der Waals surface area contributed by atoms with Crippen LogP contribution in [0.25, 0.3) is 0 Å². The summed E-state index contributed by atoms with van der Waals surface area (Å²) >= 11 is 6.16. The number of carbonyl (C=O) groups excluding carboxylic acids is 1. The number of nitrogens with zero attached hydrogens (tertiary/aromatic N) is 2. The average Bonchev–Trinajstić information content (AvgIpc) is 2.69. The Morgan fingerprint density at radius 1 is 1.25 bits per heavy atom. The van der Waals surface area contributed by atoms with Crippen LogP contribution in [0.5, 0.6) is 0 Å². The largest absolute Gasteiger partial charge is 0.360 e. The van der Waals surface area contributed by atoms with E-state index in [1.807, 2.05) is 31.2 Å². The maximum Gasteiger partial charge on any atom is 0.280 e. The minimum absolute atomic E-state index is 0.0895. The zero-order valence-electron chi connectivity index (χ0n) is 16.7. The molecule has 0 bridgehead atoms. The van der Waals surface area contributed by atoms with Crippen LogP contribution in [-0.4, -0.2) is 50.1 Å². The van der Waals surface area contributed by atoms with E-state index in [4.69, 9.17) is 11.6 Å². The number of quaternary nitrogens is 1. The Hall–Kier alpha value is -2.11. The first kappa shape index (κ1) is 20.6. The molecule has 1 aliphatic rings. The number of aryl methyl sites for hydroxylation is 1. The average molecular weight is 405 g/mol. The maximum atomic E-state index is 13.4. The quantitative estimate of drug-likeness (QED) is 0.829. The van der Waals surface area contributed by atoms with E-state index in [1.165, 1.54) is 28.3 Å². The molecule has 28 heavy (non-hydrogen) atoms. The molecule has 1 heterocycles. The highest BCUT2D eigenvalue weighted by molar-refractivity contribution is 6.30. The molecule has 1 N–H and O–H groups in total. The van der Waals surface area contributed by atoms with E-state index in [0.29, 0.717) is 6.54 Å². The standard InChI is InChI=1S/C22H27ClFN3O/c1-16-7-8-19(23)14-21(16)27-11-9-26(10-12-27)17(2)22(28)25(3)15-18-5-4-6-20(24)13-18/h4-8,13-14,17H,9-12,15H2,1-3H3/p+1/t17-/m1/s1. The third-order valence-corrected chi connectivity index (χ3v) is 5.82. The molecule has 3 rings (SSSR count). The van der Waals surface area contributed by atoms with Crippen molar-refractivity contribution >= 4 is 23.2 Å². The molecule has 0 radical (unpaired) electrons. The predicted molar refractivity (Wildman–Crippen MR) is 111 cm³/mol. The molecular formula is C22H28ClFN3O+. The third-order valence-electron chi connectivity index (χ3n) is 5.59. The second-order valence-electron chi connectivity index (χ2n) is 7.62. The van der Waals surface area contributed by atoms with Crippen LogP contribution < -0.4 is 9.80 Å². The molecule has 1 amide bonds. The summed E-state index contributed by atoms with van der Waals surface area (Å²) in [7, 11) is 1.79. The summed E-state index contributed by atoms with van der Waals surface area (Å²) in [5, 5.41) is 0.748. The van der Waals surface area contributed by atoms with Gasteiger partial charge in [0.1, 0.15) is 5.82 Å². The van der Waals surface area contributed by atoms with Crippen LogP contribution in [-0.2, 0) is 11.3 Å². The molecule has 0 saturated carbocycles. The van der Waals surface area contributed by atoms with Crippen LogP contribution in [0.4, 0.5) is 10.1 Å². The number of hydrogen-bond acceptors (Lipinski definition) is 2. The predicted octanol–water partition coefficient (Wildman–Crippen LogP) is 2.54. The summed E-state index contributed by atoms with van der Waals surface area (Å²) in [4.78, 5) is 18.2. The minimum atomic E-state index is -0.274. The van der Waals surface area contributed by atoms with Crippen molar-refractivity contribution in [1.82, 2.24) is 4.90 Å². The second kappa shape index (κ2) is 8.93. The first-order valence-electron chi connectivity index (χ1n) is 9.70. The molecule has 0 aromatic heterocycles. The monoisotopic (exact) mass is 404 g/mol. The Morgan fingerprint density at radius 2 is 1.96 bits per heavy atom. The second-order valence-corrected chi connectivity index (χ2v) is 8.06. The molecule has 0 unspecified atom stereocenters. The van der Waals surface area contributed by atoms with Gasteiger partial charge in [-0.3, -0.25) is 4.79 Å². The smallest absolute Gasteiger partial charge is 0.280 e. The van der Waals surface area contributed by atoms with Crippen LogP contribution in [0.2, 0.25) is 5.02 Å². The highest BCUT2D eigenvalue weighted by Gasteiger charge is 2.31. The number of nitrogens with one attached hydrogen (secondary N) is 1. The molecule has 1 atom stereocenters. The molecular weight excluding hydrogens is 377 g/mol. The van der Waals surface area contributed by atoms with E-state index in [1.54, 1.807) is 18.0 Å². The minimum Gasteiger partial charge on any atom is -0.360 e. The van der Waals surface area contributed by atoms with E-state index in [9.17, 15) is 9.18 Å². The van der Waals surface area contributed by atoms with Gasteiger partial charge in [0.2, 0.25) is 0 Å². The Kier molecular flexibility index (Phi) is 6.57. The first-order valence-corrected chi connectivity index (χ1v) is 10.1. The van der Waals surface area contributed by atoms with Crippen molar-refractivity contribution in [2.45, 2.75) is 26.4 Å². The zero-order chi connectivity index (χ0) is 20.3. The van der Waals surface area contributed by atoms with Crippen LogP contribution in [0.15, 0.2) is 42.5 Å². The fraction of sp³-hybridized carbons (Fsp3) is 0.409. The Labute approximate surface area is 171 Å². The van der Waals surface area contributed by atoms with Gasteiger partial charge in [-0.2, -0.15) is 0 Å². The van der Waals surface area contributed by atoms with Crippen molar-refractivity contribution < 1.29 is 14.1 Å². The van der Waals surface area contributed by atoms with Gasteiger partial charge in [0.25, 0.3) is 5.91 Å². The lowest BCUT2D eigenvalue weighted by atomic mass is 10.1. The van der Waals surface area contributed by atoms with Crippen molar-refractivity contribution in [2.24, 2.45) is 0 Å². The molecule has 4 nitrogen and oxygen atoms in total. The van der Waals surface area contributed by atoms with Gasteiger partial charge in [0.05, 0.1) is 26.2 Å². The normalized spacial score (nSPS) is 16.1. The Morgan fingerprint density at radius 3 is 2.64 bits per heavy atom. The molecule has 1 fully saturated rings. The molecule has 2 aromatic rings. The van der Waals surface area contributed by atoms with Gasteiger partial charge in [-0.25, -0.2) is 4.39 Å². The summed E-state index contributed by atoms with van der Waals surface area (Å²) in [6, 6.07) is 12.3. The van der Waals surface area contributed by atoms with Gasteiger partial charge >= 0.3 is 0 Å². The number of rotatable bonds is 5. The Balaban J connectivity index is 1.57. The summed E-state index contributed by atoms with van der Waals surface area (Å²) in [6.45, 7) is 8.07. The van der Waals surface area contributed by atoms with Crippen LogP contribution >= 0.6 is 11.6 Å². The zero-order valence-corrected chi connectivity index (χ0v) is 17.5. The molecule has 1 saturated heterocycles. The van der Waals surface area contributed by atoms with E-state index in [0.717, 1.165) is 36.8 Å². The number of anilines is 1. The first-order chi connectivity index (χ1) is 13.3. The van der Waals surface area contributed by atoms with Gasteiger partial charge in [0.15, 0.2) is 6.04 Å². The van der Waals surface area contributed by atoms with Crippen molar-refractivity contribution in [1.29, 1.82) is 0 Å². The van der Waals surface area contributed by atoms with Crippen molar-refractivity contribution in [3.8, 4) is 0 Å². The lowest BCUT2D eigenvalue weighted by Crippen LogP contribution is -3.19. The molecule has 1 aliphatic heterocycles. The number of halogens is 2. The van der Waals surface area contributed by atoms with Gasteiger partial charge in [0, 0.05) is 24.3 Å². The van der Waals surface area contributed by atoms with Gasteiger partial charge in [-0.15, -0.1) is 0 Å². The van der Waals surface area contributed by atoms with E-state index < -0.39 is 0 Å². The fourth-order valence-corrected chi connectivity index (χ4v) is 4.05. The van der Waals surface area contributed by atoms with Crippen LogP contribution in [0.1, 0.15) is 18.1 Å². The summed E-state index contributed by atoms with van der Waals surface area (Å²) in [5.41, 5.74) is 3.19. The van der Waals surface area contributed by atoms with E-state index in [2.05, 4.69) is 11.8 Å². The summed E-state index contributed by atoms with van der Waals surface area (Å²) < 4.78 is 13.4. The van der Waals surface area contributed by atoms with Gasteiger partial charge < -0.3 is 14.7 Å². The summed E-state index contributed by atoms with van der Waals surface area (Å²) in [6.07, 6.45) is 0. The maximum absolute atomic E-state index is 13.4. The molecule has 0 spiro atoms. The van der Waals surface area contributed by atoms with Crippen molar-refractivity contribution in [2.75, 3.05) is 38.1 Å². The van der Waals surface area contributed by atoms with E-state index in [-0.39, 0.29) is 17.8 Å². The SMILES string of the molecule is Cc1ccc(Cl)cc1N1CC[NH+]([C@H](C)C(=O)N(C)Cc2cccc(F)c2)CC1. The van der Waals surface area contributed by atoms with Gasteiger partial charge in [-0.05, 0) is 49.2 Å². The topological polar surface area (TPSA) is 28.0 Å². The van der Waals surface area contributed by atoms with Crippen molar-refractivity contribution in [3.05, 3.63) is 64.4 Å². The van der Waals surface area contributed by atoms with Crippen molar-refractivity contribution in [3.63, 3.8) is 0 Å². The number of likely N-dealkylation sites (N-methyl/N-ethyl adjacent to an activating group) is 1. The van der Waals surface area contributed by atoms with Gasteiger partial charge in [-0.1, -0.05) is 29.8 Å².